The topological polar surface area (TPSA) is 29.9 Å². The Morgan fingerprint density at radius 3 is 2.82 bits per heavy atom. The SMILES string of the molecule is Clc1ccc2c(c1)C(c1ccccc1Cl)n1ccnc1CN2. The summed E-state index contributed by atoms with van der Waals surface area (Å²) >= 11 is 12.7. The third-order valence-electron chi connectivity index (χ3n) is 3.97. The fourth-order valence-corrected chi connectivity index (χ4v) is 3.39. The number of fused-ring (bicyclic) bond motifs is 2. The van der Waals surface area contributed by atoms with Crippen LogP contribution in [-0.2, 0) is 6.54 Å². The van der Waals surface area contributed by atoms with Gasteiger partial charge in [0, 0.05) is 33.7 Å². The van der Waals surface area contributed by atoms with Crippen molar-refractivity contribution in [1.82, 2.24) is 9.55 Å². The molecule has 1 aliphatic rings. The first-order chi connectivity index (χ1) is 10.7. The van der Waals surface area contributed by atoms with Crippen LogP contribution in [0.25, 0.3) is 0 Å². The molecular formula is C17H13Cl2N3. The van der Waals surface area contributed by atoms with Crippen molar-refractivity contribution in [2.45, 2.75) is 12.6 Å². The first-order valence-corrected chi connectivity index (χ1v) is 7.79. The van der Waals surface area contributed by atoms with E-state index < -0.39 is 0 Å². The molecule has 1 N–H and O–H groups in total. The van der Waals surface area contributed by atoms with Crippen LogP contribution in [0.4, 0.5) is 5.69 Å². The van der Waals surface area contributed by atoms with Gasteiger partial charge in [0.25, 0.3) is 0 Å². The number of rotatable bonds is 1. The van der Waals surface area contributed by atoms with Crippen molar-refractivity contribution in [3.8, 4) is 0 Å². The maximum atomic E-state index is 6.46. The van der Waals surface area contributed by atoms with Gasteiger partial charge in [0.05, 0.1) is 12.6 Å². The van der Waals surface area contributed by atoms with Crippen molar-refractivity contribution in [2.24, 2.45) is 0 Å². The molecule has 0 radical (unpaired) electrons. The third-order valence-corrected chi connectivity index (χ3v) is 4.55. The van der Waals surface area contributed by atoms with E-state index in [9.17, 15) is 0 Å². The van der Waals surface area contributed by atoms with Crippen LogP contribution in [0.1, 0.15) is 23.0 Å². The van der Waals surface area contributed by atoms with Crippen LogP contribution >= 0.6 is 23.2 Å². The summed E-state index contributed by atoms with van der Waals surface area (Å²) in [6, 6.07) is 13.7. The van der Waals surface area contributed by atoms with Gasteiger partial charge in [0.1, 0.15) is 5.82 Å². The molecule has 0 fully saturated rings. The van der Waals surface area contributed by atoms with Gasteiger partial charge in [-0.15, -0.1) is 0 Å². The van der Waals surface area contributed by atoms with E-state index in [0.717, 1.165) is 27.7 Å². The molecule has 3 nitrogen and oxygen atoms in total. The highest BCUT2D eigenvalue weighted by Gasteiger charge is 2.26. The lowest BCUT2D eigenvalue weighted by Crippen LogP contribution is -2.13. The molecule has 0 saturated carbocycles. The monoisotopic (exact) mass is 329 g/mol. The molecule has 2 aromatic carbocycles. The number of halogens is 2. The van der Waals surface area contributed by atoms with Crippen molar-refractivity contribution in [3.05, 3.63) is 81.9 Å². The van der Waals surface area contributed by atoms with Crippen molar-refractivity contribution in [3.63, 3.8) is 0 Å². The van der Waals surface area contributed by atoms with E-state index in [1.165, 1.54) is 0 Å². The van der Waals surface area contributed by atoms with Gasteiger partial charge in [-0.3, -0.25) is 0 Å². The number of imidazole rings is 1. The highest BCUT2D eigenvalue weighted by atomic mass is 35.5. The average Bonchev–Trinajstić information content (AvgIpc) is 2.91. The molecule has 4 rings (SSSR count). The molecule has 2 heterocycles. The average molecular weight is 330 g/mol. The van der Waals surface area contributed by atoms with E-state index >= 15 is 0 Å². The summed E-state index contributed by atoms with van der Waals surface area (Å²) in [5.41, 5.74) is 3.19. The molecular weight excluding hydrogens is 317 g/mol. The summed E-state index contributed by atoms with van der Waals surface area (Å²) in [4.78, 5) is 4.45. The molecule has 0 bridgehead atoms. The second-order valence-corrected chi connectivity index (χ2v) is 6.10. The minimum Gasteiger partial charge on any atom is -0.378 e. The summed E-state index contributed by atoms with van der Waals surface area (Å²) in [6.07, 6.45) is 3.80. The van der Waals surface area contributed by atoms with Crippen LogP contribution in [0.3, 0.4) is 0 Å². The van der Waals surface area contributed by atoms with Crippen molar-refractivity contribution in [2.75, 3.05) is 5.32 Å². The minimum absolute atomic E-state index is 0.0464. The second kappa shape index (κ2) is 5.34. The van der Waals surface area contributed by atoms with Gasteiger partial charge in [0.15, 0.2) is 0 Å². The molecule has 1 unspecified atom stereocenters. The smallest absolute Gasteiger partial charge is 0.128 e. The normalized spacial score (nSPS) is 16.4. The van der Waals surface area contributed by atoms with E-state index in [0.29, 0.717) is 11.6 Å². The quantitative estimate of drug-likeness (QED) is 0.698. The molecule has 0 aliphatic carbocycles. The maximum Gasteiger partial charge on any atom is 0.128 e. The lowest BCUT2D eigenvalue weighted by molar-refractivity contribution is 0.654. The van der Waals surface area contributed by atoms with Crippen molar-refractivity contribution in [1.29, 1.82) is 0 Å². The highest BCUT2D eigenvalue weighted by Crippen LogP contribution is 2.39. The highest BCUT2D eigenvalue weighted by molar-refractivity contribution is 6.31. The van der Waals surface area contributed by atoms with Crippen molar-refractivity contribution >= 4 is 28.9 Å². The van der Waals surface area contributed by atoms with E-state index in [4.69, 9.17) is 23.2 Å². The Balaban J connectivity index is 2.01. The Labute approximate surface area is 138 Å². The lowest BCUT2D eigenvalue weighted by Gasteiger charge is -2.22. The molecule has 1 aliphatic heterocycles. The van der Waals surface area contributed by atoms with Gasteiger partial charge < -0.3 is 9.88 Å². The number of hydrogen-bond acceptors (Lipinski definition) is 2. The molecule has 0 amide bonds. The molecule has 3 aromatic rings. The lowest BCUT2D eigenvalue weighted by atomic mass is 9.97. The Hall–Kier alpha value is -1.97. The number of benzene rings is 2. The number of nitrogens with one attached hydrogen (secondary N) is 1. The Bertz CT molecular complexity index is 841. The van der Waals surface area contributed by atoms with Gasteiger partial charge in [0.2, 0.25) is 0 Å². The molecule has 22 heavy (non-hydrogen) atoms. The number of nitrogens with zero attached hydrogens (tertiary/aromatic N) is 2. The zero-order chi connectivity index (χ0) is 15.1. The van der Waals surface area contributed by atoms with Crippen LogP contribution in [-0.4, -0.2) is 9.55 Å². The fraction of sp³-hybridized carbons (Fsp3) is 0.118. The van der Waals surface area contributed by atoms with Gasteiger partial charge in [-0.1, -0.05) is 41.4 Å². The molecule has 1 atom stereocenters. The van der Waals surface area contributed by atoms with Crippen LogP contribution in [0.15, 0.2) is 54.9 Å². The summed E-state index contributed by atoms with van der Waals surface area (Å²) in [6.45, 7) is 0.669. The van der Waals surface area contributed by atoms with E-state index in [1.54, 1.807) is 0 Å². The van der Waals surface area contributed by atoms with Crippen LogP contribution < -0.4 is 5.32 Å². The minimum atomic E-state index is -0.0464. The van der Waals surface area contributed by atoms with Gasteiger partial charge in [-0.05, 0) is 29.8 Å². The Morgan fingerprint density at radius 1 is 1.09 bits per heavy atom. The van der Waals surface area contributed by atoms with Crippen molar-refractivity contribution < 1.29 is 0 Å². The second-order valence-electron chi connectivity index (χ2n) is 5.26. The zero-order valence-electron chi connectivity index (χ0n) is 11.6. The number of aromatic nitrogens is 2. The first-order valence-electron chi connectivity index (χ1n) is 7.03. The maximum absolute atomic E-state index is 6.46. The first kappa shape index (κ1) is 13.7. The third kappa shape index (κ3) is 2.18. The molecule has 5 heteroatoms. The number of anilines is 1. The summed E-state index contributed by atoms with van der Waals surface area (Å²) in [5.74, 6) is 0.970. The van der Waals surface area contributed by atoms with E-state index in [1.807, 2.05) is 54.9 Å². The van der Waals surface area contributed by atoms with Gasteiger partial charge in [-0.25, -0.2) is 4.98 Å². The standard InChI is InChI=1S/C17H13Cl2N3/c18-11-5-6-15-13(9-11)17(12-3-1-2-4-14(12)19)22-8-7-20-16(22)10-21-15/h1-9,17,21H,10H2. The van der Waals surface area contributed by atoms with Crippen LogP contribution in [0, 0.1) is 0 Å². The predicted molar refractivity (Wildman–Crippen MR) is 89.7 cm³/mol. The van der Waals surface area contributed by atoms with E-state index in [-0.39, 0.29) is 6.04 Å². The van der Waals surface area contributed by atoms with Crippen LogP contribution in [0.2, 0.25) is 10.0 Å². The molecule has 0 spiro atoms. The molecule has 0 saturated heterocycles. The summed E-state index contributed by atoms with van der Waals surface area (Å²) in [5, 5.41) is 4.87. The number of hydrogen-bond donors (Lipinski definition) is 1. The predicted octanol–water partition coefficient (Wildman–Crippen LogP) is 4.75. The Morgan fingerprint density at radius 2 is 1.95 bits per heavy atom. The largest absolute Gasteiger partial charge is 0.378 e. The zero-order valence-corrected chi connectivity index (χ0v) is 13.1. The molecule has 110 valence electrons. The molecule has 1 aromatic heterocycles. The van der Waals surface area contributed by atoms with Gasteiger partial charge in [-0.2, -0.15) is 0 Å². The summed E-state index contributed by atoms with van der Waals surface area (Å²) in [7, 11) is 0. The van der Waals surface area contributed by atoms with E-state index in [2.05, 4.69) is 14.9 Å². The Kier molecular flexibility index (Phi) is 3.32. The van der Waals surface area contributed by atoms with Crippen LogP contribution in [0.5, 0.6) is 0 Å². The summed E-state index contributed by atoms with van der Waals surface area (Å²) < 4.78 is 2.15. The van der Waals surface area contributed by atoms with Gasteiger partial charge >= 0.3 is 0 Å². The fourth-order valence-electron chi connectivity index (χ4n) is 2.98.